The maximum absolute atomic E-state index is 13.4. The average Bonchev–Trinajstić information content (AvgIpc) is 2.81. The fraction of sp³-hybridized carbons (Fsp3) is 0.120. The maximum Gasteiger partial charge on any atom is 0.353 e. The Hall–Kier alpha value is -3.46. The molecular weight excluding hydrogens is 478 g/mol. The van der Waals surface area contributed by atoms with Crippen molar-refractivity contribution < 1.29 is 23.4 Å². The van der Waals surface area contributed by atoms with Crippen LogP contribution in [0.3, 0.4) is 0 Å². The highest BCUT2D eigenvalue weighted by Crippen LogP contribution is 2.26. The minimum Gasteiger partial charge on any atom is -0.477 e. The molecular formula is C25H20ClNO6S. The number of fused-ring (bicyclic) bond motifs is 1. The zero-order valence-corrected chi connectivity index (χ0v) is 19.4. The van der Waals surface area contributed by atoms with Gasteiger partial charge in [-0.2, -0.15) is 0 Å². The van der Waals surface area contributed by atoms with E-state index in [0.29, 0.717) is 27.2 Å². The summed E-state index contributed by atoms with van der Waals surface area (Å²) >= 11 is 6.18. The van der Waals surface area contributed by atoms with E-state index in [1.54, 1.807) is 48.5 Å². The highest BCUT2D eigenvalue weighted by Gasteiger charge is 2.24. The zero-order chi connectivity index (χ0) is 24.5. The molecule has 174 valence electrons. The van der Waals surface area contributed by atoms with Gasteiger partial charge in [-0.1, -0.05) is 41.9 Å². The molecule has 2 N–H and O–H groups in total. The minimum absolute atomic E-state index is 0.0216. The molecule has 0 atom stereocenters. The number of aromatic nitrogens is 1. The molecule has 34 heavy (non-hydrogen) atoms. The van der Waals surface area contributed by atoms with Crippen LogP contribution >= 0.6 is 11.6 Å². The fourth-order valence-electron chi connectivity index (χ4n) is 3.90. The van der Waals surface area contributed by atoms with Gasteiger partial charge in [-0.3, -0.25) is 4.79 Å². The molecule has 1 aromatic heterocycles. The third-order valence-corrected chi connectivity index (χ3v) is 7.41. The number of aliphatic hydroxyl groups is 1. The Bertz CT molecular complexity index is 1540. The molecule has 0 unspecified atom stereocenters. The largest absolute Gasteiger partial charge is 0.477 e. The number of carboxylic acids is 1. The van der Waals surface area contributed by atoms with Crippen LogP contribution in [0.15, 0.2) is 82.5 Å². The standard InChI is InChI=1S/C25H20ClNO6S/c26-17-8-11-20-22(15-17)27(18-4-2-1-3-5-18)23(25(30)31)21(24(20)29)14-16-6-9-19(10-7-16)34(32,33)13-12-28/h1-11,15,28H,12-14H2,(H,30,31). The number of carbonyl (C=O) groups is 1. The molecule has 0 saturated heterocycles. The highest BCUT2D eigenvalue weighted by atomic mass is 35.5. The van der Waals surface area contributed by atoms with Crippen molar-refractivity contribution in [1.82, 2.24) is 4.57 Å². The molecule has 0 fully saturated rings. The van der Waals surface area contributed by atoms with E-state index >= 15 is 0 Å². The van der Waals surface area contributed by atoms with Crippen LogP contribution in [0.4, 0.5) is 0 Å². The van der Waals surface area contributed by atoms with Gasteiger partial charge in [-0.25, -0.2) is 13.2 Å². The zero-order valence-electron chi connectivity index (χ0n) is 17.8. The smallest absolute Gasteiger partial charge is 0.353 e. The third kappa shape index (κ3) is 4.48. The number of hydrogen-bond acceptors (Lipinski definition) is 5. The predicted octanol–water partition coefficient (Wildman–Crippen LogP) is 3.70. The summed E-state index contributed by atoms with van der Waals surface area (Å²) in [4.78, 5) is 25.9. The molecule has 0 aliphatic carbocycles. The van der Waals surface area contributed by atoms with Crippen molar-refractivity contribution in [2.75, 3.05) is 12.4 Å². The van der Waals surface area contributed by atoms with Crippen molar-refractivity contribution in [3.05, 3.63) is 105 Å². The van der Waals surface area contributed by atoms with Crippen LogP contribution in [-0.4, -0.2) is 41.5 Å². The number of halogens is 1. The summed E-state index contributed by atoms with van der Waals surface area (Å²) in [5.41, 5.74) is 0.929. The van der Waals surface area contributed by atoms with Crippen LogP contribution < -0.4 is 5.43 Å². The minimum atomic E-state index is -3.63. The summed E-state index contributed by atoms with van der Waals surface area (Å²) in [7, 11) is -3.63. The van der Waals surface area contributed by atoms with Crippen LogP contribution in [0.5, 0.6) is 0 Å². The van der Waals surface area contributed by atoms with E-state index in [0.717, 1.165) is 0 Å². The first-order chi connectivity index (χ1) is 16.2. The molecule has 0 spiro atoms. The van der Waals surface area contributed by atoms with E-state index in [9.17, 15) is 23.1 Å². The molecule has 0 saturated carbocycles. The number of pyridine rings is 1. The highest BCUT2D eigenvalue weighted by molar-refractivity contribution is 7.91. The number of sulfone groups is 1. The molecule has 7 nitrogen and oxygen atoms in total. The lowest BCUT2D eigenvalue weighted by Crippen LogP contribution is -2.23. The molecule has 4 rings (SSSR count). The van der Waals surface area contributed by atoms with Crippen LogP contribution in [-0.2, 0) is 16.3 Å². The lowest BCUT2D eigenvalue weighted by atomic mass is 9.99. The van der Waals surface area contributed by atoms with Crippen molar-refractivity contribution in [1.29, 1.82) is 0 Å². The van der Waals surface area contributed by atoms with Crippen molar-refractivity contribution >= 4 is 38.3 Å². The molecule has 0 bridgehead atoms. The second-order valence-corrected chi connectivity index (χ2v) is 10.2. The molecule has 0 aliphatic heterocycles. The van der Waals surface area contributed by atoms with Crippen LogP contribution in [0.1, 0.15) is 21.6 Å². The van der Waals surface area contributed by atoms with Crippen LogP contribution in [0, 0.1) is 0 Å². The number of aromatic carboxylic acids is 1. The van der Waals surface area contributed by atoms with Gasteiger partial charge < -0.3 is 14.8 Å². The number of rotatable bonds is 7. The molecule has 4 aromatic rings. The monoisotopic (exact) mass is 497 g/mol. The van der Waals surface area contributed by atoms with Gasteiger partial charge in [-0.15, -0.1) is 0 Å². The normalized spacial score (nSPS) is 11.6. The van der Waals surface area contributed by atoms with Gasteiger partial charge in [0.2, 0.25) is 0 Å². The van der Waals surface area contributed by atoms with Gasteiger partial charge in [0.05, 0.1) is 22.8 Å². The summed E-state index contributed by atoms with van der Waals surface area (Å²) in [6.07, 6.45) is -0.0216. The summed E-state index contributed by atoms with van der Waals surface area (Å²) < 4.78 is 25.8. The van der Waals surface area contributed by atoms with Crippen molar-refractivity contribution in [3.8, 4) is 5.69 Å². The summed E-state index contributed by atoms with van der Waals surface area (Å²) in [5.74, 6) is -1.68. The first-order valence-corrected chi connectivity index (χ1v) is 12.3. The Morgan fingerprint density at radius 1 is 0.971 bits per heavy atom. The molecule has 1 heterocycles. The quantitative estimate of drug-likeness (QED) is 0.402. The van der Waals surface area contributed by atoms with Gasteiger partial charge in [0.1, 0.15) is 5.69 Å². The summed E-state index contributed by atoms with van der Waals surface area (Å²) in [6.45, 7) is -0.494. The summed E-state index contributed by atoms with van der Waals surface area (Å²) in [6, 6.07) is 19.4. The third-order valence-electron chi connectivity index (χ3n) is 5.47. The van der Waals surface area contributed by atoms with E-state index in [1.165, 1.54) is 28.8 Å². The van der Waals surface area contributed by atoms with E-state index in [-0.39, 0.29) is 22.6 Å². The second-order valence-electron chi connectivity index (χ2n) is 7.66. The first-order valence-electron chi connectivity index (χ1n) is 10.3. The van der Waals surface area contributed by atoms with Gasteiger partial charge in [0.25, 0.3) is 0 Å². The lowest BCUT2D eigenvalue weighted by molar-refractivity contribution is 0.0686. The van der Waals surface area contributed by atoms with Crippen molar-refractivity contribution in [2.24, 2.45) is 0 Å². The Balaban J connectivity index is 1.94. The molecule has 9 heteroatoms. The molecule has 0 aliphatic rings. The number of aliphatic hydroxyl groups excluding tert-OH is 1. The van der Waals surface area contributed by atoms with Crippen LogP contribution in [0.25, 0.3) is 16.6 Å². The van der Waals surface area contributed by atoms with E-state index in [4.69, 9.17) is 16.7 Å². The number of carboxylic acid groups (broad SMARTS) is 1. The lowest BCUT2D eigenvalue weighted by Gasteiger charge is -2.19. The SMILES string of the molecule is O=C(O)c1c(Cc2ccc(S(=O)(=O)CCO)cc2)c(=O)c2ccc(Cl)cc2n1-c1ccccc1. The van der Waals surface area contributed by atoms with Gasteiger partial charge in [0, 0.05) is 28.1 Å². The molecule has 3 aromatic carbocycles. The second kappa shape index (κ2) is 9.42. The Kier molecular flexibility index (Phi) is 6.56. The van der Waals surface area contributed by atoms with Crippen molar-refractivity contribution in [3.63, 3.8) is 0 Å². The van der Waals surface area contributed by atoms with Crippen LogP contribution in [0.2, 0.25) is 5.02 Å². The summed E-state index contributed by atoms with van der Waals surface area (Å²) in [5, 5.41) is 19.8. The topological polar surface area (TPSA) is 114 Å². The predicted molar refractivity (Wildman–Crippen MR) is 130 cm³/mol. The number of nitrogens with zero attached hydrogens (tertiary/aromatic N) is 1. The van der Waals surface area contributed by atoms with E-state index in [1.807, 2.05) is 0 Å². The van der Waals surface area contributed by atoms with E-state index in [2.05, 4.69) is 0 Å². The van der Waals surface area contributed by atoms with Crippen molar-refractivity contribution in [2.45, 2.75) is 11.3 Å². The number of hydrogen-bond donors (Lipinski definition) is 2. The molecule has 0 amide bonds. The first kappa shape index (κ1) is 23.7. The number of benzene rings is 3. The van der Waals surface area contributed by atoms with Gasteiger partial charge >= 0.3 is 5.97 Å². The Labute approximate surface area is 200 Å². The Morgan fingerprint density at radius 2 is 1.65 bits per heavy atom. The average molecular weight is 498 g/mol. The van der Waals surface area contributed by atoms with Gasteiger partial charge in [0.15, 0.2) is 15.3 Å². The Morgan fingerprint density at radius 3 is 2.26 bits per heavy atom. The fourth-order valence-corrected chi connectivity index (χ4v) is 5.09. The molecule has 0 radical (unpaired) electrons. The van der Waals surface area contributed by atoms with Gasteiger partial charge in [-0.05, 0) is 48.0 Å². The van der Waals surface area contributed by atoms with E-state index < -0.39 is 33.6 Å². The number of para-hydroxylation sites is 1. The maximum atomic E-state index is 13.4.